The lowest BCUT2D eigenvalue weighted by Gasteiger charge is -2.29. The number of hydrogen-bond acceptors (Lipinski definition) is 0. The molecule has 1 aliphatic rings. The highest BCUT2D eigenvalue weighted by Crippen LogP contribution is 2.16. The second-order valence-electron chi connectivity index (χ2n) is 5.70. The molecule has 2 heteroatoms. The number of likely N-dealkylation sites (N-methyl/N-ethyl adjacent to an activating group) is 1. The fourth-order valence-electron chi connectivity index (χ4n) is 2.93. The lowest BCUT2D eigenvalue weighted by atomic mass is 9.97. The standard InChI is InChI=1S/C16H26N2/c1-3-17-11-13-18(14-12-17)10-9-15(2)16-7-5-4-6-8-16/h4-8,15H,3,9-14H2,1-2H3/p+2/t15-/m1/s1. The monoisotopic (exact) mass is 248 g/mol. The number of piperazine rings is 1. The summed E-state index contributed by atoms with van der Waals surface area (Å²) in [6.07, 6.45) is 1.32. The Labute approximate surface area is 112 Å². The Balaban J connectivity index is 1.72. The summed E-state index contributed by atoms with van der Waals surface area (Å²) in [7, 11) is 0. The third-order valence-electron chi connectivity index (χ3n) is 4.46. The van der Waals surface area contributed by atoms with E-state index >= 15 is 0 Å². The first-order valence-corrected chi connectivity index (χ1v) is 7.51. The molecule has 2 rings (SSSR count). The van der Waals surface area contributed by atoms with E-state index in [-0.39, 0.29) is 0 Å². The Morgan fingerprint density at radius 2 is 1.61 bits per heavy atom. The summed E-state index contributed by atoms with van der Waals surface area (Å²) < 4.78 is 0. The molecule has 2 N–H and O–H groups in total. The third-order valence-corrected chi connectivity index (χ3v) is 4.46. The van der Waals surface area contributed by atoms with Crippen LogP contribution in [0.5, 0.6) is 0 Å². The maximum absolute atomic E-state index is 2.36. The van der Waals surface area contributed by atoms with Crippen LogP contribution >= 0.6 is 0 Å². The summed E-state index contributed by atoms with van der Waals surface area (Å²) in [5, 5.41) is 0. The number of benzene rings is 1. The molecular formula is C16H28N2+2. The Morgan fingerprint density at radius 1 is 1.00 bits per heavy atom. The molecule has 0 bridgehead atoms. The molecule has 2 nitrogen and oxygen atoms in total. The van der Waals surface area contributed by atoms with Crippen molar-refractivity contribution >= 4 is 0 Å². The minimum atomic E-state index is 0.704. The van der Waals surface area contributed by atoms with Gasteiger partial charge >= 0.3 is 0 Å². The van der Waals surface area contributed by atoms with E-state index in [0.717, 1.165) is 0 Å². The van der Waals surface area contributed by atoms with Gasteiger partial charge in [0, 0.05) is 6.42 Å². The van der Waals surface area contributed by atoms with E-state index in [1.807, 2.05) is 4.90 Å². The van der Waals surface area contributed by atoms with Gasteiger partial charge in [0.25, 0.3) is 0 Å². The molecule has 0 spiro atoms. The Hall–Kier alpha value is -0.860. The summed E-state index contributed by atoms with van der Waals surface area (Å²) in [4.78, 5) is 3.60. The average Bonchev–Trinajstić information content (AvgIpc) is 2.46. The van der Waals surface area contributed by atoms with Gasteiger partial charge in [-0.25, -0.2) is 0 Å². The molecule has 0 radical (unpaired) electrons. The minimum absolute atomic E-state index is 0.704. The number of rotatable bonds is 5. The maximum atomic E-state index is 2.36. The Morgan fingerprint density at radius 3 is 2.22 bits per heavy atom. The molecular weight excluding hydrogens is 220 g/mol. The molecule has 100 valence electrons. The highest BCUT2D eigenvalue weighted by molar-refractivity contribution is 5.18. The number of hydrogen-bond donors (Lipinski definition) is 2. The number of quaternary nitrogens is 2. The van der Waals surface area contributed by atoms with Crippen LogP contribution in [-0.2, 0) is 0 Å². The Bertz CT molecular complexity index is 328. The normalized spacial score (nSPS) is 25.9. The highest BCUT2D eigenvalue weighted by atomic mass is 15.3. The lowest BCUT2D eigenvalue weighted by molar-refractivity contribution is -1.01. The molecule has 18 heavy (non-hydrogen) atoms. The SMILES string of the molecule is CC[NH+]1CC[NH+](CC[C@@H](C)c2ccccc2)CC1. The van der Waals surface area contributed by atoms with Crippen molar-refractivity contribution in [3.8, 4) is 0 Å². The van der Waals surface area contributed by atoms with Gasteiger partial charge in [-0.15, -0.1) is 0 Å². The zero-order valence-electron chi connectivity index (χ0n) is 11.9. The molecule has 1 saturated heterocycles. The van der Waals surface area contributed by atoms with E-state index in [0.29, 0.717) is 5.92 Å². The predicted molar refractivity (Wildman–Crippen MR) is 76.3 cm³/mol. The average molecular weight is 248 g/mol. The molecule has 0 unspecified atom stereocenters. The van der Waals surface area contributed by atoms with Gasteiger partial charge in [-0.1, -0.05) is 37.3 Å². The van der Waals surface area contributed by atoms with E-state index in [4.69, 9.17) is 0 Å². The van der Waals surface area contributed by atoms with Crippen molar-refractivity contribution in [3.05, 3.63) is 35.9 Å². The largest absolute Gasteiger partial charge is 0.326 e. The zero-order chi connectivity index (χ0) is 12.8. The van der Waals surface area contributed by atoms with Gasteiger partial charge in [0.05, 0.1) is 13.1 Å². The van der Waals surface area contributed by atoms with Crippen LogP contribution in [0.2, 0.25) is 0 Å². The lowest BCUT2D eigenvalue weighted by Crippen LogP contribution is -3.28. The summed E-state index contributed by atoms with van der Waals surface area (Å²) in [6, 6.07) is 10.9. The van der Waals surface area contributed by atoms with Crippen molar-refractivity contribution in [2.24, 2.45) is 0 Å². The van der Waals surface area contributed by atoms with Gasteiger partial charge in [-0.3, -0.25) is 0 Å². The van der Waals surface area contributed by atoms with Crippen LogP contribution in [0.1, 0.15) is 31.7 Å². The van der Waals surface area contributed by atoms with E-state index in [1.165, 1.54) is 51.3 Å². The quantitative estimate of drug-likeness (QED) is 0.725. The molecule has 1 heterocycles. The van der Waals surface area contributed by atoms with Crippen molar-refractivity contribution in [2.75, 3.05) is 39.3 Å². The summed E-state index contributed by atoms with van der Waals surface area (Å²) in [5.41, 5.74) is 1.50. The third kappa shape index (κ3) is 3.82. The van der Waals surface area contributed by atoms with Crippen LogP contribution in [0.15, 0.2) is 30.3 Å². The van der Waals surface area contributed by atoms with Crippen LogP contribution < -0.4 is 9.80 Å². The van der Waals surface area contributed by atoms with Crippen LogP contribution in [-0.4, -0.2) is 39.3 Å². The van der Waals surface area contributed by atoms with Crippen LogP contribution in [0.4, 0.5) is 0 Å². The maximum Gasteiger partial charge on any atom is 0.127 e. The molecule has 1 aromatic carbocycles. The van der Waals surface area contributed by atoms with Crippen molar-refractivity contribution < 1.29 is 9.80 Å². The molecule has 0 aliphatic carbocycles. The van der Waals surface area contributed by atoms with Gasteiger partial charge < -0.3 is 9.80 Å². The molecule has 1 aromatic rings. The summed E-state index contributed by atoms with van der Waals surface area (Å²) in [5.74, 6) is 0.704. The van der Waals surface area contributed by atoms with Gasteiger partial charge in [-0.05, 0) is 18.4 Å². The first-order valence-electron chi connectivity index (χ1n) is 7.51. The highest BCUT2D eigenvalue weighted by Gasteiger charge is 2.21. The van der Waals surface area contributed by atoms with E-state index in [2.05, 4.69) is 44.2 Å². The van der Waals surface area contributed by atoms with Crippen molar-refractivity contribution in [1.29, 1.82) is 0 Å². The first kappa shape index (κ1) is 13.6. The van der Waals surface area contributed by atoms with E-state index in [9.17, 15) is 0 Å². The zero-order valence-corrected chi connectivity index (χ0v) is 11.9. The molecule has 0 saturated carbocycles. The van der Waals surface area contributed by atoms with Crippen molar-refractivity contribution in [1.82, 2.24) is 0 Å². The minimum Gasteiger partial charge on any atom is -0.326 e. The fourth-order valence-corrected chi connectivity index (χ4v) is 2.93. The van der Waals surface area contributed by atoms with Gasteiger partial charge in [-0.2, -0.15) is 0 Å². The van der Waals surface area contributed by atoms with Crippen LogP contribution in [0.25, 0.3) is 0 Å². The predicted octanol–water partition coefficient (Wildman–Crippen LogP) is -0.0165. The van der Waals surface area contributed by atoms with Crippen LogP contribution in [0, 0.1) is 0 Å². The van der Waals surface area contributed by atoms with Gasteiger partial charge in [0.15, 0.2) is 0 Å². The molecule has 1 aliphatic heterocycles. The second kappa shape index (κ2) is 6.91. The summed E-state index contributed by atoms with van der Waals surface area (Å²) >= 11 is 0. The van der Waals surface area contributed by atoms with Crippen LogP contribution in [0.3, 0.4) is 0 Å². The fraction of sp³-hybridized carbons (Fsp3) is 0.625. The van der Waals surface area contributed by atoms with Crippen molar-refractivity contribution in [2.45, 2.75) is 26.2 Å². The molecule has 1 fully saturated rings. The van der Waals surface area contributed by atoms with E-state index < -0.39 is 0 Å². The van der Waals surface area contributed by atoms with Crippen molar-refractivity contribution in [3.63, 3.8) is 0 Å². The van der Waals surface area contributed by atoms with Gasteiger partial charge in [0.2, 0.25) is 0 Å². The smallest absolute Gasteiger partial charge is 0.127 e. The molecule has 1 atom stereocenters. The molecule has 0 amide bonds. The topological polar surface area (TPSA) is 8.88 Å². The van der Waals surface area contributed by atoms with Gasteiger partial charge in [0.1, 0.15) is 26.2 Å². The van der Waals surface area contributed by atoms with E-state index in [1.54, 1.807) is 4.90 Å². The second-order valence-corrected chi connectivity index (χ2v) is 5.70. The Kier molecular flexibility index (Phi) is 5.21. The first-order chi connectivity index (χ1) is 8.79. The summed E-state index contributed by atoms with van der Waals surface area (Å²) in [6.45, 7) is 12.8. The number of nitrogens with one attached hydrogen (secondary N) is 2. The molecule has 0 aromatic heterocycles.